The van der Waals surface area contributed by atoms with E-state index in [9.17, 15) is 4.79 Å². The summed E-state index contributed by atoms with van der Waals surface area (Å²) in [5.74, 6) is 0. The molecule has 0 aliphatic carbocycles. The van der Waals surface area contributed by atoms with Crippen LogP contribution in [0.5, 0.6) is 0 Å². The van der Waals surface area contributed by atoms with E-state index in [0.717, 1.165) is 12.7 Å². The third-order valence-electron chi connectivity index (χ3n) is 5.41. The van der Waals surface area contributed by atoms with E-state index in [1.165, 1.54) is 29.6 Å². The van der Waals surface area contributed by atoms with E-state index < -0.39 is 14.4 Å². The van der Waals surface area contributed by atoms with E-state index in [1.807, 2.05) is 12.1 Å². The highest BCUT2D eigenvalue weighted by atomic mass is 28.4. The first-order chi connectivity index (χ1) is 14.0. The van der Waals surface area contributed by atoms with Gasteiger partial charge in [-0.1, -0.05) is 113 Å². The summed E-state index contributed by atoms with van der Waals surface area (Å²) in [5.41, 5.74) is 0. The van der Waals surface area contributed by atoms with Crippen molar-refractivity contribution in [2.75, 3.05) is 0 Å². The lowest BCUT2D eigenvalue weighted by Crippen LogP contribution is -2.67. The molecule has 2 aromatic rings. The Balaban J connectivity index is 2.38. The Bertz CT molecular complexity index is 708. The maximum absolute atomic E-state index is 12.0. The van der Waals surface area contributed by atoms with Gasteiger partial charge < -0.3 is 9.22 Å². The normalized spacial score (nSPS) is 13.5. The summed E-state index contributed by atoms with van der Waals surface area (Å²) in [6.45, 7) is 8.93. The zero-order chi connectivity index (χ0) is 21.2. The summed E-state index contributed by atoms with van der Waals surface area (Å²) in [5, 5.41) is 2.29. The third-order valence-corrected chi connectivity index (χ3v) is 10.5. The van der Waals surface area contributed by atoms with E-state index in [0.29, 0.717) is 6.42 Å². The van der Waals surface area contributed by atoms with Crippen molar-refractivity contribution in [2.45, 2.75) is 70.9 Å². The molecule has 2 rings (SSSR count). The molecule has 1 atom stereocenters. The van der Waals surface area contributed by atoms with E-state index in [4.69, 9.17) is 4.43 Å². The van der Waals surface area contributed by atoms with Crippen LogP contribution in [0.15, 0.2) is 72.8 Å². The molecule has 3 heteroatoms. The molecule has 156 valence electrons. The number of carbonyl (C=O) groups excluding carboxylic acids is 1. The van der Waals surface area contributed by atoms with Crippen LogP contribution in [0.3, 0.4) is 0 Å². The second kappa shape index (κ2) is 11.3. The van der Waals surface area contributed by atoms with Gasteiger partial charge in [-0.05, 0) is 34.7 Å². The Hall–Kier alpha value is -1.97. The fraction of sp³-hybridized carbons (Fsp3) is 0.423. The maximum Gasteiger partial charge on any atom is 0.262 e. The highest BCUT2D eigenvalue weighted by Crippen LogP contribution is 2.37. The average Bonchev–Trinajstić information content (AvgIpc) is 2.73. The smallest absolute Gasteiger partial charge is 0.262 e. The van der Waals surface area contributed by atoms with Crippen molar-refractivity contribution in [3.8, 4) is 0 Å². The molecule has 0 aliphatic rings. The largest absolute Gasteiger partial charge is 0.397 e. The van der Waals surface area contributed by atoms with Crippen molar-refractivity contribution >= 4 is 25.0 Å². The number of allylic oxidation sites excluding steroid dienone is 1. The van der Waals surface area contributed by atoms with Gasteiger partial charge in [0.15, 0.2) is 0 Å². The van der Waals surface area contributed by atoms with Crippen molar-refractivity contribution < 1.29 is 9.22 Å². The summed E-state index contributed by atoms with van der Waals surface area (Å²) in [7, 11) is -2.68. The fourth-order valence-corrected chi connectivity index (χ4v) is 8.53. The van der Waals surface area contributed by atoms with Gasteiger partial charge in [-0.25, -0.2) is 0 Å². The number of unbranched alkanes of at least 4 members (excludes halogenated alkanes) is 3. The Morgan fingerprint density at radius 1 is 0.897 bits per heavy atom. The minimum Gasteiger partial charge on any atom is -0.397 e. The van der Waals surface area contributed by atoms with Crippen molar-refractivity contribution in [3.05, 3.63) is 72.8 Å². The molecule has 29 heavy (non-hydrogen) atoms. The van der Waals surface area contributed by atoms with Crippen molar-refractivity contribution in [2.24, 2.45) is 0 Å². The van der Waals surface area contributed by atoms with Crippen LogP contribution in [0.4, 0.5) is 0 Å². The van der Waals surface area contributed by atoms with E-state index >= 15 is 0 Å². The highest BCUT2D eigenvalue weighted by Gasteiger charge is 2.51. The van der Waals surface area contributed by atoms with Crippen LogP contribution in [0.25, 0.3) is 0 Å². The van der Waals surface area contributed by atoms with Crippen LogP contribution in [-0.2, 0) is 9.22 Å². The van der Waals surface area contributed by atoms with Crippen molar-refractivity contribution in [3.63, 3.8) is 0 Å². The molecular formula is C26H36O2Si. The molecule has 0 amide bonds. The summed E-state index contributed by atoms with van der Waals surface area (Å²) < 4.78 is 6.87. The average molecular weight is 409 g/mol. The van der Waals surface area contributed by atoms with E-state index in [2.05, 4.69) is 88.4 Å². The molecule has 0 heterocycles. The number of carbonyl (C=O) groups is 1. The molecule has 0 bridgehead atoms. The predicted molar refractivity (Wildman–Crippen MR) is 126 cm³/mol. The van der Waals surface area contributed by atoms with Crippen LogP contribution in [0, 0.1) is 0 Å². The van der Waals surface area contributed by atoms with Crippen LogP contribution in [-0.4, -0.2) is 20.7 Å². The molecule has 0 saturated heterocycles. The monoisotopic (exact) mass is 408 g/mol. The van der Waals surface area contributed by atoms with Crippen LogP contribution < -0.4 is 10.4 Å². The van der Waals surface area contributed by atoms with Gasteiger partial charge in [0.05, 0.1) is 0 Å². The Labute approximate surface area is 178 Å². The number of aldehydes is 1. The van der Waals surface area contributed by atoms with Crippen LogP contribution in [0.2, 0.25) is 5.04 Å². The summed E-state index contributed by atoms with van der Waals surface area (Å²) in [6, 6.07) is 21.0. The van der Waals surface area contributed by atoms with Gasteiger partial charge in [0.2, 0.25) is 0 Å². The van der Waals surface area contributed by atoms with Gasteiger partial charge >= 0.3 is 0 Å². The molecule has 0 aromatic heterocycles. The third kappa shape index (κ3) is 6.00. The van der Waals surface area contributed by atoms with Crippen molar-refractivity contribution in [1.29, 1.82) is 0 Å². The zero-order valence-electron chi connectivity index (χ0n) is 18.4. The molecule has 2 aromatic carbocycles. The van der Waals surface area contributed by atoms with Crippen molar-refractivity contribution in [1.82, 2.24) is 0 Å². The molecule has 0 fully saturated rings. The van der Waals surface area contributed by atoms with Gasteiger partial charge in [-0.2, -0.15) is 0 Å². The number of hydrogen-bond acceptors (Lipinski definition) is 2. The molecule has 0 N–H and O–H groups in total. The van der Waals surface area contributed by atoms with Gasteiger partial charge in [-0.15, -0.1) is 0 Å². The van der Waals surface area contributed by atoms with Crippen LogP contribution in [0.1, 0.15) is 59.8 Å². The van der Waals surface area contributed by atoms with E-state index in [-0.39, 0.29) is 5.04 Å². The summed E-state index contributed by atoms with van der Waals surface area (Å²) >= 11 is 0. The minimum atomic E-state index is -2.68. The maximum atomic E-state index is 12.0. The Morgan fingerprint density at radius 2 is 1.45 bits per heavy atom. The molecule has 2 nitrogen and oxygen atoms in total. The van der Waals surface area contributed by atoms with Gasteiger partial charge in [0, 0.05) is 0 Å². The quantitative estimate of drug-likeness (QED) is 0.208. The molecule has 0 radical (unpaired) electrons. The van der Waals surface area contributed by atoms with Crippen LogP contribution >= 0.6 is 0 Å². The van der Waals surface area contributed by atoms with Gasteiger partial charge in [0.25, 0.3) is 8.32 Å². The lowest BCUT2D eigenvalue weighted by molar-refractivity contribution is -0.113. The number of benzene rings is 2. The standard InChI is InChI=1S/C26H36O2Si/c1-5-6-7-8-9-12-17-23(22-27)28-29(26(2,3)4,24-18-13-10-14-19-24)25-20-15-11-16-21-25/h9-16,18-23H,5-8,17H2,1-4H3/b12-9-. The van der Waals surface area contributed by atoms with Gasteiger partial charge in [0.1, 0.15) is 12.4 Å². The lowest BCUT2D eigenvalue weighted by Gasteiger charge is -2.44. The zero-order valence-corrected chi connectivity index (χ0v) is 19.4. The first kappa shape index (κ1) is 23.3. The van der Waals surface area contributed by atoms with E-state index in [1.54, 1.807) is 0 Å². The first-order valence-electron chi connectivity index (χ1n) is 10.8. The summed E-state index contributed by atoms with van der Waals surface area (Å²) in [4.78, 5) is 12.0. The predicted octanol–water partition coefficient (Wildman–Crippen LogP) is 5.66. The fourth-order valence-electron chi connectivity index (χ4n) is 3.91. The van der Waals surface area contributed by atoms with Gasteiger partial charge in [-0.3, -0.25) is 0 Å². The molecule has 0 saturated carbocycles. The molecule has 1 unspecified atom stereocenters. The Morgan fingerprint density at radius 3 is 1.90 bits per heavy atom. The molecule has 0 aliphatic heterocycles. The lowest BCUT2D eigenvalue weighted by atomic mass is 10.2. The molecule has 0 spiro atoms. The Kier molecular flexibility index (Phi) is 9.06. The first-order valence-corrected chi connectivity index (χ1v) is 12.8. The highest BCUT2D eigenvalue weighted by molar-refractivity contribution is 6.99. The molecular weight excluding hydrogens is 372 g/mol. The topological polar surface area (TPSA) is 26.3 Å². The number of rotatable bonds is 11. The SMILES string of the molecule is CCCCC/C=C\CC(C=O)O[Si](c1ccccc1)(c1ccccc1)C(C)(C)C. The number of hydrogen-bond donors (Lipinski definition) is 0. The minimum absolute atomic E-state index is 0.123. The second-order valence-corrected chi connectivity index (χ2v) is 12.9. The second-order valence-electron chi connectivity index (χ2n) is 8.66. The summed E-state index contributed by atoms with van der Waals surface area (Å²) in [6.07, 6.45) is 10.2.